The Balaban J connectivity index is 1.40. The third kappa shape index (κ3) is 5.76. The van der Waals surface area contributed by atoms with Crippen molar-refractivity contribution in [2.75, 3.05) is 25.0 Å². The Morgan fingerprint density at radius 1 is 1.15 bits per heavy atom. The van der Waals surface area contributed by atoms with Crippen LogP contribution in [0.15, 0.2) is 18.2 Å². The number of pyridine rings is 1. The summed E-state index contributed by atoms with van der Waals surface area (Å²) in [6.45, 7) is 6.15. The van der Waals surface area contributed by atoms with Gasteiger partial charge in [-0.15, -0.1) is 0 Å². The van der Waals surface area contributed by atoms with Gasteiger partial charge in [-0.2, -0.15) is 0 Å². The van der Waals surface area contributed by atoms with Crippen LogP contribution in [0.25, 0.3) is 0 Å². The highest BCUT2D eigenvalue weighted by Gasteiger charge is 2.27. The first-order valence-electron chi connectivity index (χ1n) is 10.3. The zero-order valence-corrected chi connectivity index (χ0v) is 16.5. The average Bonchev–Trinajstić information content (AvgIpc) is 2.64. The van der Waals surface area contributed by atoms with E-state index in [0.717, 1.165) is 38.0 Å². The molecule has 1 aliphatic carbocycles. The van der Waals surface area contributed by atoms with Gasteiger partial charge in [0.25, 0.3) is 0 Å². The molecule has 3 rings (SSSR count). The van der Waals surface area contributed by atoms with Gasteiger partial charge in [0.2, 0.25) is 11.8 Å². The van der Waals surface area contributed by atoms with Crippen LogP contribution in [-0.2, 0) is 9.59 Å². The van der Waals surface area contributed by atoms with Gasteiger partial charge in [-0.3, -0.25) is 14.5 Å². The standard InChI is InChI=1S/C21H32N4O2/c1-15-6-3-4-8-18(15)23-20(26)14-25-12-10-17(11-13-25)21(27)24-19-9-5-7-16(2)22-19/h5,7,9,15,17-18H,3-4,6,8,10-14H2,1-2H3,(H,23,26)(H,22,24,27). The van der Waals surface area contributed by atoms with Crippen LogP contribution in [0.1, 0.15) is 51.1 Å². The van der Waals surface area contributed by atoms with Gasteiger partial charge < -0.3 is 10.6 Å². The van der Waals surface area contributed by atoms with Crippen molar-refractivity contribution in [2.45, 2.75) is 58.4 Å². The maximum atomic E-state index is 12.5. The SMILES string of the molecule is Cc1cccc(NC(=O)C2CCN(CC(=O)NC3CCCCC3C)CC2)n1. The van der Waals surface area contributed by atoms with E-state index in [1.54, 1.807) is 0 Å². The van der Waals surface area contributed by atoms with Gasteiger partial charge in [-0.25, -0.2) is 4.98 Å². The van der Waals surface area contributed by atoms with Crippen molar-refractivity contribution in [3.8, 4) is 0 Å². The minimum absolute atomic E-state index is 0.00927. The topological polar surface area (TPSA) is 74.3 Å². The summed E-state index contributed by atoms with van der Waals surface area (Å²) in [5.74, 6) is 1.34. The summed E-state index contributed by atoms with van der Waals surface area (Å²) < 4.78 is 0. The smallest absolute Gasteiger partial charge is 0.234 e. The first-order valence-corrected chi connectivity index (χ1v) is 10.3. The number of aryl methyl sites for hydroxylation is 1. The average molecular weight is 373 g/mol. The Hall–Kier alpha value is -1.95. The van der Waals surface area contributed by atoms with Crippen molar-refractivity contribution in [2.24, 2.45) is 11.8 Å². The minimum atomic E-state index is -0.00927. The lowest BCUT2D eigenvalue weighted by Crippen LogP contribution is -2.47. The highest BCUT2D eigenvalue weighted by molar-refractivity contribution is 5.91. The molecule has 2 fully saturated rings. The Morgan fingerprint density at radius 3 is 2.59 bits per heavy atom. The van der Waals surface area contributed by atoms with Gasteiger partial charge in [0.05, 0.1) is 6.54 Å². The quantitative estimate of drug-likeness (QED) is 0.833. The molecule has 2 amide bonds. The van der Waals surface area contributed by atoms with E-state index < -0.39 is 0 Å². The minimum Gasteiger partial charge on any atom is -0.352 e. The van der Waals surface area contributed by atoms with E-state index >= 15 is 0 Å². The summed E-state index contributed by atoms with van der Waals surface area (Å²) in [7, 11) is 0. The summed E-state index contributed by atoms with van der Waals surface area (Å²) in [5.41, 5.74) is 0.890. The predicted molar refractivity (Wildman–Crippen MR) is 106 cm³/mol. The van der Waals surface area contributed by atoms with Crippen molar-refractivity contribution in [3.05, 3.63) is 23.9 Å². The maximum absolute atomic E-state index is 12.5. The molecule has 2 unspecified atom stereocenters. The second kappa shape index (κ2) is 9.31. The number of anilines is 1. The maximum Gasteiger partial charge on any atom is 0.234 e. The molecule has 0 bridgehead atoms. The molecule has 2 N–H and O–H groups in total. The first-order chi connectivity index (χ1) is 13.0. The van der Waals surface area contributed by atoms with Gasteiger partial charge >= 0.3 is 0 Å². The highest BCUT2D eigenvalue weighted by Crippen LogP contribution is 2.24. The molecule has 2 aliphatic rings. The van der Waals surface area contributed by atoms with Crippen LogP contribution in [0.5, 0.6) is 0 Å². The zero-order chi connectivity index (χ0) is 19.2. The van der Waals surface area contributed by atoms with E-state index in [-0.39, 0.29) is 17.7 Å². The number of amides is 2. The number of nitrogens with zero attached hydrogens (tertiary/aromatic N) is 2. The molecule has 27 heavy (non-hydrogen) atoms. The number of likely N-dealkylation sites (tertiary alicyclic amines) is 1. The molecule has 6 nitrogen and oxygen atoms in total. The fourth-order valence-electron chi connectivity index (χ4n) is 4.18. The van der Waals surface area contributed by atoms with E-state index in [4.69, 9.17) is 0 Å². The lowest BCUT2D eigenvalue weighted by Gasteiger charge is -2.33. The monoisotopic (exact) mass is 372 g/mol. The van der Waals surface area contributed by atoms with Crippen LogP contribution >= 0.6 is 0 Å². The number of nitrogens with one attached hydrogen (secondary N) is 2. The Labute approximate surface area is 162 Å². The lowest BCUT2D eigenvalue weighted by molar-refractivity contribution is -0.124. The van der Waals surface area contributed by atoms with E-state index in [2.05, 4.69) is 27.4 Å². The number of carbonyl (C=O) groups excluding carboxylic acids is 2. The number of hydrogen-bond donors (Lipinski definition) is 2. The van der Waals surface area contributed by atoms with Crippen molar-refractivity contribution in [1.82, 2.24) is 15.2 Å². The molecule has 1 aromatic rings. The third-order valence-electron chi connectivity index (χ3n) is 5.92. The second-order valence-electron chi connectivity index (χ2n) is 8.14. The molecule has 148 valence electrons. The molecule has 0 spiro atoms. The zero-order valence-electron chi connectivity index (χ0n) is 16.5. The molecule has 1 aliphatic heterocycles. The number of rotatable bonds is 5. The van der Waals surface area contributed by atoms with E-state index in [0.29, 0.717) is 24.3 Å². The highest BCUT2D eigenvalue weighted by atomic mass is 16.2. The van der Waals surface area contributed by atoms with Gasteiger partial charge in [-0.1, -0.05) is 25.8 Å². The molecule has 0 aromatic carbocycles. The summed E-state index contributed by atoms with van der Waals surface area (Å²) >= 11 is 0. The number of hydrogen-bond acceptors (Lipinski definition) is 4. The molecule has 1 aromatic heterocycles. The molecule has 2 atom stereocenters. The third-order valence-corrected chi connectivity index (χ3v) is 5.92. The Morgan fingerprint density at radius 2 is 1.89 bits per heavy atom. The van der Waals surface area contributed by atoms with E-state index in [1.807, 2.05) is 25.1 Å². The predicted octanol–water partition coefficient (Wildman–Crippen LogP) is 2.74. The van der Waals surface area contributed by atoms with Gasteiger partial charge in [-0.05, 0) is 63.7 Å². The van der Waals surface area contributed by atoms with Crippen LogP contribution in [0.2, 0.25) is 0 Å². The number of carbonyl (C=O) groups is 2. The van der Waals surface area contributed by atoms with Crippen LogP contribution in [0, 0.1) is 18.8 Å². The second-order valence-corrected chi connectivity index (χ2v) is 8.14. The molecular formula is C21H32N4O2. The Bertz CT molecular complexity index is 655. The van der Waals surface area contributed by atoms with Crippen LogP contribution < -0.4 is 10.6 Å². The van der Waals surface area contributed by atoms with Gasteiger partial charge in [0, 0.05) is 17.7 Å². The van der Waals surface area contributed by atoms with Crippen LogP contribution in [-0.4, -0.2) is 47.4 Å². The van der Waals surface area contributed by atoms with Crippen LogP contribution in [0.4, 0.5) is 5.82 Å². The van der Waals surface area contributed by atoms with Crippen molar-refractivity contribution < 1.29 is 9.59 Å². The van der Waals surface area contributed by atoms with Crippen LogP contribution in [0.3, 0.4) is 0 Å². The molecule has 6 heteroatoms. The fourth-order valence-corrected chi connectivity index (χ4v) is 4.18. The van der Waals surface area contributed by atoms with Gasteiger partial charge in [0.15, 0.2) is 0 Å². The van der Waals surface area contributed by atoms with Crippen molar-refractivity contribution >= 4 is 17.6 Å². The fraction of sp³-hybridized carbons (Fsp3) is 0.667. The lowest BCUT2D eigenvalue weighted by atomic mass is 9.86. The molecule has 1 saturated heterocycles. The number of piperidine rings is 1. The normalized spacial score (nSPS) is 24.4. The molecular weight excluding hydrogens is 340 g/mol. The first kappa shape index (κ1) is 19.8. The van der Waals surface area contributed by atoms with Crippen molar-refractivity contribution in [1.29, 1.82) is 0 Å². The Kier molecular flexibility index (Phi) is 6.83. The molecule has 1 saturated carbocycles. The summed E-state index contributed by atoms with van der Waals surface area (Å²) in [6, 6.07) is 5.95. The van der Waals surface area contributed by atoms with Crippen molar-refractivity contribution in [3.63, 3.8) is 0 Å². The summed E-state index contributed by atoms with van der Waals surface area (Å²) in [4.78, 5) is 31.3. The number of aromatic nitrogens is 1. The van der Waals surface area contributed by atoms with Gasteiger partial charge in [0.1, 0.15) is 5.82 Å². The molecule has 2 heterocycles. The molecule has 0 radical (unpaired) electrons. The summed E-state index contributed by atoms with van der Waals surface area (Å²) in [5, 5.41) is 6.14. The largest absolute Gasteiger partial charge is 0.352 e. The van der Waals surface area contributed by atoms with E-state index in [9.17, 15) is 9.59 Å². The van der Waals surface area contributed by atoms with E-state index in [1.165, 1.54) is 19.3 Å². The summed E-state index contributed by atoms with van der Waals surface area (Å²) in [6.07, 6.45) is 6.37.